The molecule has 0 bridgehead atoms. The lowest BCUT2D eigenvalue weighted by Gasteiger charge is -2.11. The van der Waals surface area contributed by atoms with Crippen molar-refractivity contribution in [3.63, 3.8) is 0 Å². The molecular weight excluding hydrogens is 394 g/mol. The molecule has 156 valence electrons. The van der Waals surface area contributed by atoms with Crippen LogP contribution in [-0.4, -0.2) is 17.6 Å². The standard InChI is InChI=1S/C25H21NO5/c1-15-8-9-19(16(2)10-15)26-24(29)14-30-18-11-20(27)25-21(28)13-22(31-23(25)12-18)17-6-4-3-5-7-17/h3-13,27H,14H2,1-2H3,(H,26,29). The molecule has 0 aliphatic rings. The fraction of sp³-hybridized carbons (Fsp3) is 0.120. The summed E-state index contributed by atoms with van der Waals surface area (Å²) in [7, 11) is 0. The lowest BCUT2D eigenvalue weighted by atomic mass is 10.1. The summed E-state index contributed by atoms with van der Waals surface area (Å²) in [6, 6.07) is 19.0. The maximum Gasteiger partial charge on any atom is 0.262 e. The maximum atomic E-state index is 12.5. The van der Waals surface area contributed by atoms with Crippen molar-refractivity contribution in [2.24, 2.45) is 0 Å². The van der Waals surface area contributed by atoms with Crippen molar-refractivity contribution in [2.45, 2.75) is 13.8 Å². The SMILES string of the molecule is Cc1ccc(NC(=O)COc2cc(O)c3c(=O)cc(-c4ccccc4)oc3c2)c(C)c1. The Morgan fingerprint density at radius 1 is 1.03 bits per heavy atom. The Morgan fingerprint density at radius 2 is 1.81 bits per heavy atom. The van der Waals surface area contributed by atoms with Crippen molar-refractivity contribution in [3.8, 4) is 22.8 Å². The first-order valence-corrected chi connectivity index (χ1v) is 9.77. The first kappa shape index (κ1) is 20.2. The molecule has 4 aromatic rings. The number of aromatic hydroxyl groups is 1. The third-order valence-corrected chi connectivity index (χ3v) is 4.87. The Balaban J connectivity index is 1.56. The number of phenols is 1. The molecule has 6 nitrogen and oxygen atoms in total. The van der Waals surface area contributed by atoms with Crippen LogP contribution < -0.4 is 15.5 Å². The molecule has 0 atom stereocenters. The largest absolute Gasteiger partial charge is 0.507 e. The number of rotatable bonds is 5. The zero-order valence-corrected chi connectivity index (χ0v) is 17.1. The van der Waals surface area contributed by atoms with Crippen molar-refractivity contribution in [3.05, 3.63) is 88.1 Å². The van der Waals surface area contributed by atoms with E-state index in [0.29, 0.717) is 11.4 Å². The molecule has 1 amide bonds. The van der Waals surface area contributed by atoms with E-state index in [1.807, 2.05) is 62.4 Å². The van der Waals surface area contributed by atoms with Crippen LogP contribution >= 0.6 is 0 Å². The number of carbonyl (C=O) groups excluding carboxylic acids is 1. The van der Waals surface area contributed by atoms with E-state index in [-0.39, 0.29) is 40.4 Å². The van der Waals surface area contributed by atoms with Crippen molar-refractivity contribution in [1.29, 1.82) is 0 Å². The topological polar surface area (TPSA) is 88.8 Å². The van der Waals surface area contributed by atoms with Crippen molar-refractivity contribution >= 4 is 22.6 Å². The van der Waals surface area contributed by atoms with Crippen LogP contribution in [0.25, 0.3) is 22.3 Å². The molecule has 3 aromatic carbocycles. The van der Waals surface area contributed by atoms with Gasteiger partial charge >= 0.3 is 0 Å². The minimum absolute atomic E-state index is 0.0618. The van der Waals surface area contributed by atoms with Gasteiger partial charge in [0.2, 0.25) is 0 Å². The van der Waals surface area contributed by atoms with Crippen LogP contribution in [0.5, 0.6) is 11.5 Å². The highest BCUT2D eigenvalue weighted by molar-refractivity contribution is 5.93. The summed E-state index contributed by atoms with van der Waals surface area (Å²) in [5.41, 5.74) is 3.31. The summed E-state index contributed by atoms with van der Waals surface area (Å²) in [5.74, 6) is -0.0157. The summed E-state index contributed by atoms with van der Waals surface area (Å²) >= 11 is 0. The maximum absolute atomic E-state index is 12.5. The number of nitrogens with one attached hydrogen (secondary N) is 1. The number of anilines is 1. The number of fused-ring (bicyclic) bond motifs is 1. The van der Waals surface area contributed by atoms with E-state index < -0.39 is 0 Å². The summed E-state index contributed by atoms with van der Waals surface area (Å²) in [5, 5.41) is 13.2. The molecule has 0 aliphatic heterocycles. The molecule has 4 rings (SSSR count). The predicted octanol–water partition coefficient (Wildman–Crippen LogP) is 4.80. The highest BCUT2D eigenvalue weighted by atomic mass is 16.5. The first-order valence-electron chi connectivity index (χ1n) is 9.77. The van der Waals surface area contributed by atoms with Gasteiger partial charge < -0.3 is 19.6 Å². The highest BCUT2D eigenvalue weighted by Crippen LogP contribution is 2.31. The lowest BCUT2D eigenvalue weighted by molar-refractivity contribution is -0.118. The van der Waals surface area contributed by atoms with E-state index in [9.17, 15) is 14.7 Å². The third kappa shape index (κ3) is 4.43. The van der Waals surface area contributed by atoms with Gasteiger partial charge in [0.15, 0.2) is 12.0 Å². The van der Waals surface area contributed by atoms with Gasteiger partial charge in [-0.05, 0) is 25.5 Å². The molecule has 1 heterocycles. The number of carbonyl (C=O) groups is 1. The van der Waals surface area contributed by atoms with Crippen LogP contribution in [0.15, 0.2) is 75.9 Å². The average molecular weight is 415 g/mol. The third-order valence-electron chi connectivity index (χ3n) is 4.87. The van der Waals surface area contributed by atoms with Gasteiger partial charge in [0.25, 0.3) is 5.91 Å². The molecule has 1 aromatic heterocycles. The zero-order chi connectivity index (χ0) is 22.0. The molecular formula is C25H21NO5. The van der Waals surface area contributed by atoms with Crippen LogP contribution in [0.2, 0.25) is 0 Å². The Morgan fingerprint density at radius 3 is 2.55 bits per heavy atom. The van der Waals surface area contributed by atoms with E-state index >= 15 is 0 Å². The fourth-order valence-corrected chi connectivity index (χ4v) is 3.36. The molecule has 0 saturated heterocycles. The van der Waals surface area contributed by atoms with Gasteiger partial charge in [-0.1, -0.05) is 48.0 Å². The lowest BCUT2D eigenvalue weighted by Crippen LogP contribution is -2.20. The second-order valence-corrected chi connectivity index (χ2v) is 7.31. The van der Waals surface area contributed by atoms with E-state index in [4.69, 9.17) is 9.15 Å². The summed E-state index contributed by atoms with van der Waals surface area (Å²) < 4.78 is 11.4. The Hall–Kier alpha value is -4.06. The van der Waals surface area contributed by atoms with Crippen molar-refractivity contribution in [2.75, 3.05) is 11.9 Å². The predicted molar refractivity (Wildman–Crippen MR) is 120 cm³/mol. The van der Waals surface area contributed by atoms with Gasteiger partial charge in [-0.3, -0.25) is 9.59 Å². The van der Waals surface area contributed by atoms with E-state index in [0.717, 1.165) is 16.7 Å². The smallest absolute Gasteiger partial charge is 0.262 e. The van der Waals surface area contributed by atoms with Crippen LogP contribution in [0.1, 0.15) is 11.1 Å². The molecule has 0 saturated carbocycles. The molecule has 0 aliphatic carbocycles. The monoisotopic (exact) mass is 415 g/mol. The second kappa shape index (κ2) is 8.36. The molecule has 0 unspecified atom stereocenters. The van der Waals surface area contributed by atoms with Crippen LogP contribution in [0.3, 0.4) is 0 Å². The highest BCUT2D eigenvalue weighted by Gasteiger charge is 2.14. The quantitative estimate of drug-likeness (QED) is 0.489. The number of aryl methyl sites for hydroxylation is 2. The van der Waals surface area contributed by atoms with Crippen molar-refractivity contribution in [1.82, 2.24) is 0 Å². The molecule has 6 heteroatoms. The van der Waals surface area contributed by atoms with Gasteiger partial charge in [-0.25, -0.2) is 0 Å². The van der Waals surface area contributed by atoms with E-state index in [1.165, 1.54) is 18.2 Å². The molecule has 31 heavy (non-hydrogen) atoms. The Bertz CT molecular complexity index is 1330. The van der Waals surface area contributed by atoms with Gasteiger partial charge in [-0.15, -0.1) is 0 Å². The van der Waals surface area contributed by atoms with E-state index in [2.05, 4.69) is 5.32 Å². The van der Waals surface area contributed by atoms with Crippen LogP contribution in [-0.2, 0) is 4.79 Å². The number of benzene rings is 3. The Kier molecular flexibility index (Phi) is 5.45. The van der Waals surface area contributed by atoms with Gasteiger partial charge in [0, 0.05) is 29.4 Å². The van der Waals surface area contributed by atoms with Crippen LogP contribution in [0, 0.1) is 13.8 Å². The summed E-state index contributed by atoms with van der Waals surface area (Å²) in [6.07, 6.45) is 0. The van der Waals surface area contributed by atoms with Gasteiger partial charge in [0.05, 0.1) is 0 Å². The minimum atomic E-state index is -0.364. The fourth-order valence-electron chi connectivity index (χ4n) is 3.36. The molecule has 0 radical (unpaired) electrons. The Labute approximate surface area is 178 Å². The number of phenolic OH excluding ortho intramolecular Hbond substituents is 1. The minimum Gasteiger partial charge on any atom is -0.507 e. The molecule has 2 N–H and O–H groups in total. The zero-order valence-electron chi connectivity index (χ0n) is 17.1. The normalized spacial score (nSPS) is 10.8. The number of ether oxygens (including phenoxy) is 1. The number of hydrogen-bond donors (Lipinski definition) is 2. The molecule has 0 spiro atoms. The summed E-state index contributed by atoms with van der Waals surface area (Å²) in [6.45, 7) is 3.63. The van der Waals surface area contributed by atoms with Gasteiger partial charge in [-0.2, -0.15) is 0 Å². The average Bonchev–Trinajstić information content (AvgIpc) is 2.74. The van der Waals surface area contributed by atoms with Gasteiger partial charge in [0.1, 0.15) is 28.2 Å². The second-order valence-electron chi connectivity index (χ2n) is 7.31. The van der Waals surface area contributed by atoms with E-state index in [1.54, 1.807) is 0 Å². The van der Waals surface area contributed by atoms with Crippen LogP contribution in [0.4, 0.5) is 5.69 Å². The van der Waals surface area contributed by atoms with Crippen molar-refractivity contribution < 1.29 is 19.1 Å². The number of amides is 1. The summed E-state index contributed by atoms with van der Waals surface area (Å²) in [4.78, 5) is 24.8. The first-order chi connectivity index (χ1) is 14.9. The number of hydrogen-bond acceptors (Lipinski definition) is 5. The molecule has 0 fully saturated rings.